The lowest BCUT2D eigenvalue weighted by atomic mass is 10.0. The Kier molecular flexibility index (Phi) is 9.23. The highest BCUT2D eigenvalue weighted by Gasteiger charge is 2.36. The van der Waals surface area contributed by atoms with Crippen molar-refractivity contribution in [1.82, 2.24) is 0 Å². The van der Waals surface area contributed by atoms with Crippen molar-refractivity contribution in [2.75, 3.05) is 33.2 Å². The largest absolute Gasteiger partial charge is 0.418 e. The smallest absolute Gasteiger partial charge is 0.399 e. The number of anilines is 6. The molecule has 0 unspecified atom stereocenters. The fourth-order valence-corrected chi connectivity index (χ4v) is 4.32. The molecule has 0 aliphatic rings. The van der Waals surface area contributed by atoms with Crippen LogP contribution in [0.4, 0.5) is 73.6 Å². The predicted octanol–water partition coefficient (Wildman–Crippen LogP) is 7.25. The molecule has 0 fully saturated rings. The van der Waals surface area contributed by atoms with Crippen LogP contribution in [0.25, 0.3) is 0 Å². The molecule has 0 aliphatic heterocycles. The minimum absolute atomic E-state index is 0.306. The molecule has 0 spiro atoms. The number of hydrogen-bond donors (Lipinski definition) is 6. The zero-order valence-corrected chi connectivity index (χ0v) is 23.8. The van der Waals surface area contributed by atoms with Gasteiger partial charge in [0.1, 0.15) is 0 Å². The molecule has 252 valence electrons. The van der Waals surface area contributed by atoms with Crippen LogP contribution in [0.1, 0.15) is 47.8 Å². The van der Waals surface area contributed by atoms with E-state index in [4.69, 9.17) is 17.2 Å². The van der Waals surface area contributed by atoms with Crippen molar-refractivity contribution in [3.63, 3.8) is 0 Å². The highest BCUT2D eigenvalue weighted by atomic mass is 19.4. The summed E-state index contributed by atoms with van der Waals surface area (Å²) in [6, 6.07) is 9.33. The third kappa shape index (κ3) is 8.06. The summed E-state index contributed by atoms with van der Waals surface area (Å²) >= 11 is 0. The number of carbonyl (C=O) groups excluding carboxylic acids is 3. The second kappa shape index (κ2) is 12.7. The monoisotopic (exact) mass is 684 g/mol. The van der Waals surface area contributed by atoms with Crippen molar-refractivity contribution in [3.05, 3.63) is 106 Å². The van der Waals surface area contributed by atoms with E-state index in [-0.39, 0.29) is 17.1 Å². The lowest BCUT2D eigenvalue weighted by Crippen LogP contribution is -2.22. The number of rotatable bonds is 6. The van der Waals surface area contributed by atoms with E-state index in [0.717, 1.165) is 54.6 Å². The maximum atomic E-state index is 13.6. The summed E-state index contributed by atoms with van der Waals surface area (Å²) in [6.45, 7) is 0. The molecule has 18 heteroatoms. The van der Waals surface area contributed by atoms with Gasteiger partial charge in [-0.3, -0.25) is 14.4 Å². The van der Waals surface area contributed by atoms with Gasteiger partial charge in [-0.25, -0.2) is 0 Å². The summed E-state index contributed by atoms with van der Waals surface area (Å²) < 4.78 is 123. The van der Waals surface area contributed by atoms with E-state index in [1.807, 2.05) is 16.0 Å². The number of benzene rings is 4. The molecule has 4 aromatic rings. The highest BCUT2D eigenvalue weighted by molar-refractivity contribution is 6.13. The predicted molar refractivity (Wildman–Crippen MR) is 158 cm³/mol. The first-order chi connectivity index (χ1) is 22.1. The summed E-state index contributed by atoms with van der Waals surface area (Å²) in [5.74, 6) is -4.04. The summed E-state index contributed by atoms with van der Waals surface area (Å²) in [5.41, 5.74) is 6.85. The molecule has 9 N–H and O–H groups in total. The number of carbonyl (C=O) groups is 3. The summed E-state index contributed by atoms with van der Waals surface area (Å²) in [6.07, 6.45) is -15.0. The third-order valence-corrected chi connectivity index (χ3v) is 6.51. The molecule has 0 aliphatic carbocycles. The zero-order chi connectivity index (χ0) is 35.8. The van der Waals surface area contributed by atoms with Gasteiger partial charge in [-0.15, -0.1) is 0 Å². The van der Waals surface area contributed by atoms with Gasteiger partial charge < -0.3 is 33.2 Å². The van der Waals surface area contributed by atoms with Gasteiger partial charge in [-0.1, -0.05) is 0 Å². The average Bonchev–Trinajstić information content (AvgIpc) is 2.98. The fraction of sp³-hybridized carbons (Fsp3) is 0.100. The summed E-state index contributed by atoms with van der Waals surface area (Å²) in [7, 11) is 0. The Morgan fingerprint density at radius 1 is 0.417 bits per heavy atom. The van der Waals surface area contributed by atoms with Crippen LogP contribution in [-0.2, 0) is 18.5 Å². The van der Waals surface area contributed by atoms with Crippen LogP contribution < -0.4 is 33.2 Å². The SMILES string of the molecule is Nc1ccc(NC(=O)c2cc(C(=O)Nc3ccc(N)cc3C(F)(F)F)cc(C(=O)Nc3ccc(N)cc3C(F)(F)F)c2)c(C(F)(F)F)c1. The highest BCUT2D eigenvalue weighted by Crippen LogP contribution is 2.39. The van der Waals surface area contributed by atoms with Crippen molar-refractivity contribution in [2.45, 2.75) is 18.5 Å². The van der Waals surface area contributed by atoms with Gasteiger partial charge in [-0.2, -0.15) is 39.5 Å². The number of alkyl halides is 9. The molecule has 0 aromatic heterocycles. The van der Waals surface area contributed by atoms with Crippen LogP contribution in [0.3, 0.4) is 0 Å². The van der Waals surface area contributed by atoms with Crippen LogP contribution >= 0.6 is 0 Å². The number of nitrogens with one attached hydrogen (secondary N) is 3. The van der Waals surface area contributed by atoms with Crippen LogP contribution in [0, 0.1) is 0 Å². The van der Waals surface area contributed by atoms with Gasteiger partial charge >= 0.3 is 18.5 Å². The number of amides is 3. The van der Waals surface area contributed by atoms with E-state index in [0.29, 0.717) is 18.2 Å². The molecular formula is C30H21F9N6O3. The van der Waals surface area contributed by atoms with Gasteiger partial charge in [0.15, 0.2) is 0 Å². The van der Waals surface area contributed by atoms with E-state index in [2.05, 4.69) is 0 Å². The molecule has 0 saturated carbocycles. The van der Waals surface area contributed by atoms with Crippen molar-refractivity contribution in [3.8, 4) is 0 Å². The molecule has 4 rings (SSSR count). The second-order valence-electron chi connectivity index (χ2n) is 10.1. The minimum Gasteiger partial charge on any atom is -0.399 e. The molecule has 9 nitrogen and oxygen atoms in total. The lowest BCUT2D eigenvalue weighted by molar-refractivity contribution is -0.137. The van der Waals surface area contributed by atoms with Gasteiger partial charge in [-0.05, 0) is 72.8 Å². The first-order valence-corrected chi connectivity index (χ1v) is 13.1. The Morgan fingerprint density at radius 3 is 0.854 bits per heavy atom. The molecule has 48 heavy (non-hydrogen) atoms. The molecule has 4 aromatic carbocycles. The molecule has 0 radical (unpaired) electrons. The molecular weight excluding hydrogens is 663 g/mol. The minimum atomic E-state index is -5.00. The molecule has 0 saturated heterocycles. The Hall–Kier alpha value is -5.94. The topological polar surface area (TPSA) is 165 Å². The molecule has 0 bridgehead atoms. The Balaban J connectivity index is 1.79. The number of nitrogen functional groups attached to an aromatic ring is 3. The van der Waals surface area contributed by atoms with E-state index in [1.54, 1.807) is 0 Å². The number of hydrogen-bond acceptors (Lipinski definition) is 6. The van der Waals surface area contributed by atoms with E-state index >= 15 is 0 Å². The van der Waals surface area contributed by atoms with Crippen molar-refractivity contribution < 1.29 is 53.9 Å². The van der Waals surface area contributed by atoms with Crippen molar-refractivity contribution >= 4 is 51.8 Å². The average molecular weight is 685 g/mol. The van der Waals surface area contributed by atoms with E-state index in [9.17, 15) is 53.9 Å². The lowest BCUT2D eigenvalue weighted by Gasteiger charge is -2.17. The standard InChI is InChI=1S/C30H21F9N6O3/c31-28(32,33)19-10-16(40)1-4-22(19)43-25(46)13-7-14(26(47)44-23-5-2-17(41)11-20(23)29(34,35)36)9-15(8-13)27(48)45-24-6-3-18(42)12-21(24)30(37,38)39/h1-12H,40-42H2,(H,43,46)(H,44,47)(H,45,48). The van der Waals surface area contributed by atoms with Crippen LogP contribution in [0.2, 0.25) is 0 Å². The number of halogens is 9. The van der Waals surface area contributed by atoms with Crippen LogP contribution in [0.5, 0.6) is 0 Å². The second-order valence-corrected chi connectivity index (χ2v) is 10.1. The first kappa shape index (κ1) is 34.9. The maximum Gasteiger partial charge on any atom is 0.418 e. The maximum absolute atomic E-state index is 13.6. The van der Waals surface area contributed by atoms with E-state index < -0.39 is 86.7 Å². The van der Waals surface area contributed by atoms with Gasteiger partial charge in [0.2, 0.25) is 0 Å². The van der Waals surface area contributed by atoms with Crippen molar-refractivity contribution in [1.29, 1.82) is 0 Å². The Bertz CT molecular complexity index is 1690. The van der Waals surface area contributed by atoms with Gasteiger partial charge in [0.05, 0.1) is 33.8 Å². The normalized spacial score (nSPS) is 11.9. The number of nitrogens with two attached hydrogens (primary N) is 3. The first-order valence-electron chi connectivity index (χ1n) is 13.1. The molecule has 0 heterocycles. The summed E-state index contributed by atoms with van der Waals surface area (Å²) in [5, 5.41) is 5.88. The molecule has 3 amide bonds. The summed E-state index contributed by atoms with van der Waals surface area (Å²) in [4.78, 5) is 39.6. The van der Waals surface area contributed by atoms with Crippen LogP contribution in [0.15, 0.2) is 72.8 Å². The van der Waals surface area contributed by atoms with Gasteiger partial charge in [0.25, 0.3) is 17.7 Å². The Morgan fingerprint density at radius 2 is 0.646 bits per heavy atom. The van der Waals surface area contributed by atoms with Gasteiger partial charge in [0, 0.05) is 33.8 Å². The quantitative estimate of drug-likeness (QED) is 0.0925. The Labute approximate surface area is 263 Å². The van der Waals surface area contributed by atoms with Crippen LogP contribution in [-0.4, -0.2) is 17.7 Å². The fourth-order valence-electron chi connectivity index (χ4n) is 4.32. The van der Waals surface area contributed by atoms with Crippen molar-refractivity contribution in [2.24, 2.45) is 0 Å². The zero-order valence-electron chi connectivity index (χ0n) is 23.8. The third-order valence-electron chi connectivity index (χ3n) is 6.51. The molecule has 0 atom stereocenters. The van der Waals surface area contributed by atoms with E-state index in [1.165, 1.54) is 0 Å².